The molecule has 9 heteroatoms. The monoisotopic (exact) mass is 414 g/mol. The van der Waals surface area contributed by atoms with E-state index in [0.29, 0.717) is 47.7 Å². The van der Waals surface area contributed by atoms with Crippen LogP contribution in [0, 0.1) is 0 Å². The van der Waals surface area contributed by atoms with Gasteiger partial charge in [0.1, 0.15) is 12.6 Å². The van der Waals surface area contributed by atoms with Gasteiger partial charge >= 0.3 is 0 Å². The number of rotatable bonds is 4. The first-order chi connectivity index (χ1) is 10.5. The van der Waals surface area contributed by atoms with Crippen molar-refractivity contribution in [1.29, 1.82) is 0 Å². The highest BCUT2D eigenvalue weighted by atomic mass is 79.9. The number of alkyl halides is 2. The molecule has 0 amide bonds. The van der Waals surface area contributed by atoms with E-state index in [1.54, 1.807) is 17.0 Å². The third-order valence-corrected chi connectivity index (χ3v) is 4.60. The third-order valence-electron chi connectivity index (χ3n) is 3.91. The van der Waals surface area contributed by atoms with Crippen LogP contribution in [0.4, 0.5) is 8.78 Å². The Morgan fingerprint density at radius 2 is 1.87 bits per heavy atom. The van der Waals surface area contributed by atoms with Crippen LogP contribution in [0.25, 0.3) is 0 Å². The molecule has 0 aromatic heterocycles. The molecule has 1 fully saturated rings. The lowest BCUT2D eigenvalue weighted by atomic mass is 9.97. The van der Waals surface area contributed by atoms with Crippen LogP contribution in [0.15, 0.2) is 16.6 Å². The Balaban J connectivity index is 0.00000192. The fourth-order valence-corrected chi connectivity index (χ4v) is 3.40. The molecule has 2 aliphatic heterocycles. The van der Waals surface area contributed by atoms with Crippen LogP contribution < -0.4 is 14.8 Å². The van der Waals surface area contributed by atoms with Crippen molar-refractivity contribution in [3.8, 4) is 11.5 Å². The zero-order valence-electron chi connectivity index (χ0n) is 12.2. The summed E-state index contributed by atoms with van der Waals surface area (Å²) in [4.78, 5) is 1.69. The highest BCUT2D eigenvalue weighted by Crippen LogP contribution is 2.45. The van der Waals surface area contributed by atoms with Gasteiger partial charge in [0.25, 0.3) is 5.92 Å². The Bertz CT molecular complexity index is 559. The predicted molar refractivity (Wildman–Crippen MR) is 86.7 cm³/mol. The summed E-state index contributed by atoms with van der Waals surface area (Å²) in [5, 5.41) is 12.3. The average Bonchev–Trinajstić information content (AvgIpc) is 2.95. The van der Waals surface area contributed by atoms with Gasteiger partial charge < -0.3 is 19.9 Å². The van der Waals surface area contributed by atoms with Gasteiger partial charge in [0, 0.05) is 30.7 Å². The summed E-state index contributed by atoms with van der Waals surface area (Å²) in [5.41, 5.74) is 0.394. The van der Waals surface area contributed by atoms with Crippen molar-refractivity contribution in [3.05, 3.63) is 22.2 Å². The summed E-state index contributed by atoms with van der Waals surface area (Å²) in [6.07, 6.45) is 0. The number of benzene rings is 1. The Morgan fingerprint density at radius 3 is 2.48 bits per heavy atom. The second kappa shape index (κ2) is 7.48. The minimum Gasteiger partial charge on any atom is -0.454 e. The molecule has 1 aromatic carbocycles. The molecule has 0 aliphatic carbocycles. The van der Waals surface area contributed by atoms with Crippen LogP contribution >= 0.6 is 28.3 Å². The number of piperazine rings is 1. The second-order valence-corrected chi connectivity index (χ2v) is 6.19. The van der Waals surface area contributed by atoms with Gasteiger partial charge in [-0.2, -0.15) is 0 Å². The van der Waals surface area contributed by atoms with Crippen LogP contribution in [0.2, 0.25) is 0 Å². The maximum Gasteiger partial charge on any atom is 0.289 e. The standard InChI is InChI=1S/C14H17BrF2N2O3.ClH/c15-10-6-12-11(21-8-22-12)5-9(10)13(14(16,17)7-20)19-3-1-18-2-4-19;/h5-6,13,18,20H,1-4,7-8H2;1H/t13-;/m1./s1. The summed E-state index contributed by atoms with van der Waals surface area (Å²) in [6.45, 7) is 1.13. The lowest BCUT2D eigenvalue weighted by molar-refractivity contribution is -0.118. The number of hydrogen-bond acceptors (Lipinski definition) is 5. The maximum absolute atomic E-state index is 14.4. The number of aliphatic hydroxyl groups excluding tert-OH is 1. The molecule has 1 atom stereocenters. The van der Waals surface area contributed by atoms with Crippen molar-refractivity contribution < 1.29 is 23.4 Å². The zero-order valence-corrected chi connectivity index (χ0v) is 14.6. The van der Waals surface area contributed by atoms with Gasteiger partial charge in [-0.3, -0.25) is 4.90 Å². The fourth-order valence-electron chi connectivity index (χ4n) is 2.86. The highest BCUT2D eigenvalue weighted by Gasteiger charge is 2.45. The predicted octanol–water partition coefficient (Wildman–Crippen LogP) is 2.17. The van der Waals surface area contributed by atoms with Crippen LogP contribution in [0.5, 0.6) is 11.5 Å². The molecule has 0 saturated carbocycles. The van der Waals surface area contributed by atoms with Crippen molar-refractivity contribution in [3.63, 3.8) is 0 Å². The van der Waals surface area contributed by atoms with Crippen molar-refractivity contribution in [2.24, 2.45) is 0 Å². The molecular formula is C14H18BrClF2N2O3. The zero-order chi connectivity index (χ0) is 15.7. The van der Waals surface area contributed by atoms with Crippen molar-refractivity contribution in [2.75, 3.05) is 39.6 Å². The molecule has 0 radical (unpaired) electrons. The SMILES string of the molecule is Cl.OCC(F)(F)[C@@H](c1cc2c(cc1Br)OCO2)N1CCNCC1. The van der Waals surface area contributed by atoms with Crippen LogP contribution in [0.3, 0.4) is 0 Å². The number of nitrogens with zero attached hydrogens (tertiary/aromatic N) is 1. The lowest BCUT2D eigenvalue weighted by Gasteiger charge is -2.39. The quantitative estimate of drug-likeness (QED) is 0.789. The van der Waals surface area contributed by atoms with Gasteiger partial charge in [0.05, 0.1) is 0 Å². The normalized spacial score (nSPS) is 19.3. The van der Waals surface area contributed by atoms with E-state index < -0.39 is 18.6 Å². The summed E-state index contributed by atoms with van der Waals surface area (Å²) >= 11 is 3.35. The van der Waals surface area contributed by atoms with E-state index >= 15 is 0 Å². The summed E-state index contributed by atoms with van der Waals surface area (Å²) in [6, 6.07) is 1.99. The summed E-state index contributed by atoms with van der Waals surface area (Å²) in [5.74, 6) is -2.28. The van der Waals surface area contributed by atoms with E-state index in [0.717, 1.165) is 0 Å². The molecule has 130 valence electrons. The summed E-state index contributed by atoms with van der Waals surface area (Å²) < 4.78 is 39.9. The minimum atomic E-state index is -3.26. The van der Waals surface area contributed by atoms with Gasteiger partial charge in [0.2, 0.25) is 6.79 Å². The Labute approximate surface area is 147 Å². The van der Waals surface area contributed by atoms with E-state index in [-0.39, 0.29) is 19.2 Å². The van der Waals surface area contributed by atoms with Crippen molar-refractivity contribution >= 4 is 28.3 Å². The lowest BCUT2D eigenvalue weighted by Crippen LogP contribution is -2.51. The average molecular weight is 416 g/mol. The Hall–Kier alpha value is -0.670. The molecule has 0 unspecified atom stereocenters. The van der Waals surface area contributed by atoms with E-state index in [4.69, 9.17) is 9.47 Å². The number of ether oxygens (including phenoxy) is 2. The van der Waals surface area contributed by atoms with E-state index in [2.05, 4.69) is 21.2 Å². The van der Waals surface area contributed by atoms with E-state index in [1.807, 2.05) is 0 Å². The second-order valence-electron chi connectivity index (χ2n) is 5.33. The van der Waals surface area contributed by atoms with Gasteiger partial charge in [-0.05, 0) is 17.7 Å². The number of hydrogen-bond donors (Lipinski definition) is 2. The first-order valence-corrected chi connectivity index (χ1v) is 7.85. The number of fused-ring (bicyclic) bond motifs is 1. The van der Waals surface area contributed by atoms with Gasteiger partial charge in [-0.15, -0.1) is 12.4 Å². The Kier molecular flexibility index (Phi) is 6.07. The highest BCUT2D eigenvalue weighted by molar-refractivity contribution is 9.10. The smallest absolute Gasteiger partial charge is 0.289 e. The van der Waals surface area contributed by atoms with E-state index in [1.165, 1.54) is 0 Å². The number of nitrogens with one attached hydrogen (secondary N) is 1. The summed E-state index contributed by atoms with van der Waals surface area (Å²) in [7, 11) is 0. The van der Waals surface area contributed by atoms with Crippen LogP contribution in [-0.2, 0) is 0 Å². The van der Waals surface area contributed by atoms with Gasteiger partial charge in [-0.25, -0.2) is 8.78 Å². The van der Waals surface area contributed by atoms with Crippen LogP contribution in [0.1, 0.15) is 11.6 Å². The molecule has 1 saturated heterocycles. The molecule has 5 nitrogen and oxygen atoms in total. The minimum absolute atomic E-state index is 0. The molecule has 3 rings (SSSR count). The molecular weight excluding hydrogens is 398 g/mol. The number of halogens is 4. The largest absolute Gasteiger partial charge is 0.454 e. The first-order valence-electron chi connectivity index (χ1n) is 7.05. The number of aliphatic hydroxyl groups is 1. The topological polar surface area (TPSA) is 54.0 Å². The molecule has 23 heavy (non-hydrogen) atoms. The van der Waals surface area contributed by atoms with Crippen molar-refractivity contribution in [2.45, 2.75) is 12.0 Å². The van der Waals surface area contributed by atoms with Crippen LogP contribution in [-0.4, -0.2) is 55.5 Å². The fraction of sp³-hybridized carbons (Fsp3) is 0.571. The molecule has 2 aliphatic rings. The molecule has 0 spiro atoms. The van der Waals surface area contributed by atoms with Gasteiger partial charge in [-0.1, -0.05) is 15.9 Å². The first kappa shape index (κ1) is 18.7. The Morgan fingerprint density at radius 1 is 1.26 bits per heavy atom. The molecule has 0 bridgehead atoms. The van der Waals surface area contributed by atoms with Gasteiger partial charge in [0.15, 0.2) is 11.5 Å². The molecule has 2 N–H and O–H groups in total. The van der Waals surface area contributed by atoms with E-state index in [9.17, 15) is 13.9 Å². The molecule has 2 heterocycles. The van der Waals surface area contributed by atoms with Crippen molar-refractivity contribution in [1.82, 2.24) is 10.2 Å². The third kappa shape index (κ3) is 3.71. The molecule has 1 aromatic rings. The maximum atomic E-state index is 14.4.